The van der Waals surface area contributed by atoms with Crippen molar-refractivity contribution in [3.8, 4) is 0 Å². The Morgan fingerprint density at radius 2 is 1.36 bits per heavy atom. The zero-order chi connectivity index (χ0) is 20.3. The Kier molecular flexibility index (Phi) is 6.68. The molecule has 3 N–H and O–H groups in total. The zero-order valence-corrected chi connectivity index (χ0v) is 18.9. The second-order valence-corrected chi connectivity index (χ2v) is 8.57. The summed E-state index contributed by atoms with van der Waals surface area (Å²) in [6.45, 7) is 0. The molecule has 28 heavy (non-hydrogen) atoms. The number of hydrogen-bond acceptors (Lipinski definition) is 3. The van der Waals surface area contributed by atoms with E-state index in [1.54, 1.807) is 54.6 Å². The number of hydrazine groups is 1. The van der Waals surface area contributed by atoms with Gasteiger partial charge >= 0.3 is 0 Å². The summed E-state index contributed by atoms with van der Waals surface area (Å²) in [4.78, 5) is 13.1. The molecule has 0 aliphatic carbocycles. The standard InChI is InChI=1S/C20H14Br2Cl2N2O2/c21-14-5-10-18(17(22)11-14)25-26-19(27)20(28,12-1-6-15(23)7-2-12)13-3-8-16(24)9-4-13/h1-11,25,28H,(H,26,27). The van der Waals surface area contributed by atoms with E-state index in [-0.39, 0.29) is 0 Å². The first-order chi connectivity index (χ1) is 13.3. The lowest BCUT2D eigenvalue weighted by atomic mass is 9.85. The Balaban J connectivity index is 1.94. The van der Waals surface area contributed by atoms with Gasteiger partial charge in [0, 0.05) is 19.0 Å². The number of carbonyl (C=O) groups excluding carboxylic acids is 1. The normalized spacial score (nSPS) is 11.2. The summed E-state index contributed by atoms with van der Waals surface area (Å²) in [5.74, 6) is -0.660. The third kappa shape index (κ3) is 4.53. The average Bonchev–Trinajstić information content (AvgIpc) is 2.67. The van der Waals surface area contributed by atoms with Crippen molar-refractivity contribution in [3.05, 3.63) is 96.8 Å². The van der Waals surface area contributed by atoms with Gasteiger partial charge < -0.3 is 5.11 Å². The molecule has 0 radical (unpaired) electrons. The summed E-state index contributed by atoms with van der Waals surface area (Å²) in [5.41, 5.74) is 4.82. The number of rotatable bonds is 5. The van der Waals surface area contributed by atoms with Crippen LogP contribution in [-0.4, -0.2) is 11.0 Å². The molecular weight excluding hydrogens is 531 g/mol. The second-order valence-electron chi connectivity index (χ2n) is 5.93. The number of hydrogen-bond donors (Lipinski definition) is 3. The molecule has 0 atom stereocenters. The minimum absolute atomic E-state index is 0.369. The predicted molar refractivity (Wildman–Crippen MR) is 120 cm³/mol. The van der Waals surface area contributed by atoms with Gasteiger partial charge in [-0.1, -0.05) is 63.4 Å². The van der Waals surface area contributed by atoms with Crippen molar-refractivity contribution < 1.29 is 9.90 Å². The summed E-state index contributed by atoms with van der Waals surface area (Å²) >= 11 is 18.7. The van der Waals surface area contributed by atoms with Crippen molar-refractivity contribution in [2.45, 2.75) is 5.60 Å². The highest BCUT2D eigenvalue weighted by atomic mass is 79.9. The molecule has 4 nitrogen and oxygen atoms in total. The van der Waals surface area contributed by atoms with Gasteiger partial charge in [0.15, 0.2) is 5.60 Å². The second kappa shape index (κ2) is 8.84. The average molecular weight is 545 g/mol. The molecule has 3 aromatic rings. The van der Waals surface area contributed by atoms with Crippen molar-refractivity contribution in [2.24, 2.45) is 0 Å². The van der Waals surface area contributed by atoms with E-state index in [9.17, 15) is 9.90 Å². The number of nitrogens with one attached hydrogen (secondary N) is 2. The van der Waals surface area contributed by atoms with Crippen molar-refractivity contribution in [2.75, 3.05) is 5.43 Å². The van der Waals surface area contributed by atoms with Gasteiger partial charge in [0.25, 0.3) is 5.91 Å². The molecule has 0 spiro atoms. The van der Waals surface area contributed by atoms with Gasteiger partial charge in [0.2, 0.25) is 0 Å². The quantitative estimate of drug-likeness (QED) is 0.351. The molecule has 0 bridgehead atoms. The molecule has 3 rings (SSSR count). The summed E-state index contributed by atoms with van der Waals surface area (Å²) in [5, 5.41) is 12.4. The van der Waals surface area contributed by atoms with E-state index in [0.29, 0.717) is 26.9 Å². The number of halogens is 4. The molecular formula is C20H14Br2Cl2N2O2. The highest BCUT2D eigenvalue weighted by molar-refractivity contribution is 9.11. The molecule has 0 saturated carbocycles. The maximum atomic E-state index is 13.1. The van der Waals surface area contributed by atoms with Crippen LogP contribution in [0.2, 0.25) is 10.0 Å². The van der Waals surface area contributed by atoms with Gasteiger partial charge in [-0.3, -0.25) is 15.6 Å². The molecule has 3 aromatic carbocycles. The van der Waals surface area contributed by atoms with Crippen molar-refractivity contribution in [3.63, 3.8) is 0 Å². The van der Waals surface area contributed by atoms with E-state index < -0.39 is 11.5 Å². The van der Waals surface area contributed by atoms with Crippen molar-refractivity contribution in [1.82, 2.24) is 5.43 Å². The van der Waals surface area contributed by atoms with Crippen LogP contribution in [0.25, 0.3) is 0 Å². The number of anilines is 1. The van der Waals surface area contributed by atoms with E-state index in [1.807, 2.05) is 12.1 Å². The Hall–Kier alpha value is -1.57. The van der Waals surface area contributed by atoms with Gasteiger partial charge in [-0.25, -0.2) is 0 Å². The van der Waals surface area contributed by atoms with Crippen molar-refractivity contribution in [1.29, 1.82) is 0 Å². The molecule has 0 unspecified atom stereocenters. The Morgan fingerprint density at radius 3 is 1.82 bits per heavy atom. The topological polar surface area (TPSA) is 61.4 Å². The third-order valence-electron chi connectivity index (χ3n) is 4.09. The first kappa shape index (κ1) is 21.1. The third-order valence-corrected chi connectivity index (χ3v) is 5.75. The van der Waals surface area contributed by atoms with Crippen LogP contribution in [0.15, 0.2) is 75.7 Å². The molecule has 8 heteroatoms. The van der Waals surface area contributed by atoms with Crippen molar-refractivity contribution >= 4 is 66.7 Å². The Morgan fingerprint density at radius 1 is 0.857 bits per heavy atom. The fourth-order valence-corrected chi connectivity index (χ4v) is 4.01. The summed E-state index contributed by atoms with van der Waals surface area (Å²) in [6.07, 6.45) is 0. The molecule has 0 saturated heterocycles. The minimum Gasteiger partial charge on any atom is -0.372 e. The van der Waals surface area contributed by atoms with Gasteiger partial charge in [-0.2, -0.15) is 0 Å². The summed E-state index contributed by atoms with van der Waals surface area (Å²) in [7, 11) is 0. The molecule has 0 heterocycles. The van der Waals surface area contributed by atoms with Crippen LogP contribution < -0.4 is 10.9 Å². The first-order valence-corrected chi connectivity index (χ1v) is 10.4. The molecule has 0 aliphatic rings. The van der Waals surface area contributed by atoms with Crippen LogP contribution in [0.5, 0.6) is 0 Å². The fraction of sp³-hybridized carbons (Fsp3) is 0.0500. The monoisotopic (exact) mass is 542 g/mol. The number of carbonyl (C=O) groups is 1. The number of amides is 1. The molecule has 1 amide bonds. The largest absolute Gasteiger partial charge is 0.372 e. The lowest BCUT2D eigenvalue weighted by molar-refractivity contribution is -0.136. The van der Waals surface area contributed by atoms with Crippen LogP contribution in [0, 0.1) is 0 Å². The van der Waals surface area contributed by atoms with Gasteiger partial charge in [0.05, 0.1) is 5.69 Å². The predicted octanol–water partition coefficient (Wildman–Crippen LogP) is 5.90. The summed E-state index contributed by atoms with van der Waals surface area (Å²) < 4.78 is 1.62. The van der Waals surface area contributed by atoms with E-state index in [0.717, 1.165) is 8.95 Å². The SMILES string of the molecule is O=C(NNc1ccc(Br)cc1Br)C(O)(c1ccc(Cl)cc1)c1ccc(Cl)cc1. The van der Waals surface area contributed by atoms with Crippen LogP contribution in [0.4, 0.5) is 5.69 Å². The van der Waals surface area contributed by atoms with E-state index in [4.69, 9.17) is 23.2 Å². The Labute approximate surface area is 189 Å². The smallest absolute Gasteiger partial charge is 0.279 e. The Bertz CT molecular complexity index is 951. The molecule has 144 valence electrons. The van der Waals surface area contributed by atoms with E-state index in [2.05, 4.69) is 42.7 Å². The van der Waals surface area contributed by atoms with E-state index in [1.165, 1.54) is 0 Å². The van der Waals surface area contributed by atoms with Gasteiger partial charge in [-0.15, -0.1) is 0 Å². The lowest BCUT2D eigenvalue weighted by Crippen LogP contribution is -2.47. The van der Waals surface area contributed by atoms with Crippen LogP contribution in [0.3, 0.4) is 0 Å². The lowest BCUT2D eigenvalue weighted by Gasteiger charge is -2.28. The zero-order valence-electron chi connectivity index (χ0n) is 14.2. The van der Waals surface area contributed by atoms with Crippen LogP contribution in [-0.2, 0) is 10.4 Å². The van der Waals surface area contributed by atoms with Gasteiger partial charge in [0.1, 0.15) is 0 Å². The van der Waals surface area contributed by atoms with Crippen LogP contribution >= 0.6 is 55.1 Å². The maximum absolute atomic E-state index is 13.1. The minimum atomic E-state index is -1.95. The van der Waals surface area contributed by atoms with Gasteiger partial charge in [-0.05, 0) is 69.5 Å². The fourth-order valence-electron chi connectivity index (χ4n) is 2.62. The maximum Gasteiger partial charge on any atom is 0.279 e. The highest BCUT2D eigenvalue weighted by Crippen LogP contribution is 2.32. The first-order valence-electron chi connectivity index (χ1n) is 8.06. The molecule has 0 fully saturated rings. The van der Waals surface area contributed by atoms with Crippen LogP contribution in [0.1, 0.15) is 11.1 Å². The highest BCUT2D eigenvalue weighted by Gasteiger charge is 2.40. The number of benzene rings is 3. The van der Waals surface area contributed by atoms with E-state index >= 15 is 0 Å². The number of aliphatic hydroxyl groups is 1. The summed E-state index contributed by atoms with van der Waals surface area (Å²) in [6, 6.07) is 18.3. The molecule has 0 aliphatic heterocycles. The molecule has 0 aromatic heterocycles.